The number of hydrogen-bond donors (Lipinski definition) is 0. The number of carbonyl (C=O) groups excluding carboxylic acids is 1. The molecule has 3 aromatic carbocycles. The molecule has 5 nitrogen and oxygen atoms in total. The van der Waals surface area contributed by atoms with Gasteiger partial charge in [-0.3, -0.25) is 4.79 Å². The van der Waals surface area contributed by atoms with Crippen LogP contribution < -0.4 is 4.74 Å². The number of likely N-dealkylation sites (tertiary alicyclic amines) is 1. The molecule has 31 heavy (non-hydrogen) atoms. The van der Waals surface area contributed by atoms with Crippen LogP contribution in [0.5, 0.6) is 5.75 Å². The van der Waals surface area contributed by atoms with Gasteiger partial charge in [-0.05, 0) is 28.5 Å². The van der Waals surface area contributed by atoms with Crippen LogP contribution in [-0.4, -0.2) is 40.3 Å². The van der Waals surface area contributed by atoms with Crippen LogP contribution in [0.4, 0.5) is 0 Å². The van der Waals surface area contributed by atoms with Gasteiger partial charge in [0.1, 0.15) is 5.75 Å². The van der Waals surface area contributed by atoms with E-state index in [0.29, 0.717) is 13.1 Å². The first kappa shape index (κ1) is 18.4. The van der Waals surface area contributed by atoms with Crippen LogP contribution in [0.15, 0.2) is 71.8 Å². The Hall–Kier alpha value is -3.34. The number of fused-ring (bicyclic) bond motifs is 5. The standard InChI is InChI=1S/C26H25N3O2/c1-18(30)28-14-12-26(13-15-28)29-24(22-8-4-5-9-25(22)31-26)17-23(27-29)21-11-10-19-6-2-3-7-20(19)16-21/h2-11,16,24H,12-15,17H2,1H3. The quantitative estimate of drug-likeness (QED) is 0.582. The van der Waals surface area contributed by atoms with Gasteiger partial charge in [0.05, 0.1) is 11.8 Å². The Morgan fingerprint density at radius 2 is 1.74 bits per heavy atom. The molecule has 1 amide bonds. The summed E-state index contributed by atoms with van der Waals surface area (Å²) in [4.78, 5) is 13.8. The number of rotatable bonds is 1. The molecular weight excluding hydrogens is 386 g/mol. The highest BCUT2D eigenvalue weighted by Crippen LogP contribution is 2.49. The molecule has 0 aromatic heterocycles. The fraction of sp³-hybridized carbons (Fsp3) is 0.308. The highest BCUT2D eigenvalue weighted by molar-refractivity contribution is 6.04. The third-order valence-electron chi connectivity index (χ3n) is 6.98. The number of ether oxygens (including phenoxy) is 1. The van der Waals surface area contributed by atoms with E-state index in [-0.39, 0.29) is 11.9 Å². The van der Waals surface area contributed by atoms with Gasteiger partial charge in [-0.2, -0.15) is 5.10 Å². The molecule has 1 spiro atoms. The van der Waals surface area contributed by atoms with E-state index in [1.54, 1.807) is 6.92 Å². The monoisotopic (exact) mass is 411 g/mol. The Morgan fingerprint density at radius 1 is 1.00 bits per heavy atom. The lowest BCUT2D eigenvalue weighted by Crippen LogP contribution is -2.59. The van der Waals surface area contributed by atoms with E-state index < -0.39 is 5.72 Å². The minimum Gasteiger partial charge on any atom is -0.466 e. The molecule has 1 fully saturated rings. The van der Waals surface area contributed by atoms with E-state index in [1.807, 2.05) is 11.0 Å². The molecule has 5 heteroatoms. The lowest BCUT2D eigenvalue weighted by atomic mass is 9.90. The van der Waals surface area contributed by atoms with Gasteiger partial charge in [0.2, 0.25) is 11.6 Å². The fourth-order valence-corrected chi connectivity index (χ4v) is 5.27. The predicted molar refractivity (Wildman–Crippen MR) is 121 cm³/mol. The summed E-state index contributed by atoms with van der Waals surface area (Å²) in [6.07, 6.45) is 2.37. The number of hydrazone groups is 1. The molecule has 156 valence electrons. The van der Waals surface area contributed by atoms with Crippen molar-refractivity contribution in [3.05, 3.63) is 77.9 Å². The molecule has 3 aromatic rings. The summed E-state index contributed by atoms with van der Waals surface area (Å²) in [6, 6.07) is 23.5. The maximum atomic E-state index is 11.9. The summed E-state index contributed by atoms with van der Waals surface area (Å²) >= 11 is 0. The zero-order valence-corrected chi connectivity index (χ0v) is 17.6. The Bertz CT molecular complexity index is 1210. The third-order valence-corrected chi connectivity index (χ3v) is 6.98. The summed E-state index contributed by atoms with van der Waals surface area (Å²) in [5.74, 6) is 1.08. The van der Waals surface area contributed by atoms with Crippen LogP contribution in [0.25, 0.3) is 10.8 Å². The summed E-state index contributed by atoms with van der Waals surface area (Å²) < 4.78 is 6.64. The molecule has 0 aliphatic carbocycles. The highest BCUT2D eigenvalue weighted by atomic mass is 16.5. The first-order chi connectivity index (χ1) is 15.1. The number of amides is 1. The lowest BCUT2D eigenvalue weighted by molar-refractivity contribution is -0.158. The molecular formula is C26H25N3O2. The summed E-state index contributed by atoms with van der Waals surface area (Å²) in [7, 11) is 0. The number of para-hydroxylation sites is 1. The van der Waals surface area contributed by atoms with Crippen LogP contribution in [-0.2, 0) is 4.79 Å². The Balaban J connectivity index is 1.41. The third kappa shape index (κ3) is 2.91. The first-order valence-electron chi connectivity index (χ1n) is 11.0. The van der Waals surface area contributed by atoms with E-state index in [0.717, 1.165) is 30.7 Å². The number of piperidine rings is 1. The van der Waals surface area contributed by atoms with Crippen LogP contribution >= 0.6 is 0 Å². The molecule has 3 aliphatic rings. The number of benzene rings is 3. The van der Waals surface area contributed by atoms with Gasteiger partial charge in [-0.15, -0.1) is 0 Å². The molecule has 1 saturated heterocycles. The van der Waals surface area contributed by atoms with Crippen molar-refractivity contribution in [2.24, 2.45) is 5.10 Å². The van der Waals surface area contributed by atoms with Gasteiger partial charge in [0, 0.05) is 44.8 Å². The van der Waals surface area contributed by atoms with Gasteiger partial charge in [0.25, 0.3) is 0 Å². The van der Waals surface area contributed by atoms with E-state index >= 15 is 0 Å². The van der Waals surface area contributed by atoms with E-state index in [4.69, 9.17) is 9.84 Å². The number of nitrogens with zero attached hydrogens (tertiary/aromatic N) is 3. The largest absolute Gasteiger partial charge is 0.466 e. The van der Waals surface area contributed by atoms with Crippen LogP contribution in [0, 0.1) is 0 Å². The number of hydrogen-bond acceptors (Lipinski definition) is 4. The van der Waals surface area contributed by atoms with Gasteiger partial charge in [0.15, 0.2) is 0 Å². The molecule has 0 radical (unpaired) electrons. The average Bonchev–Trinajstić information content (AvgIpc) is 3.26. The van der Waals surface area contributed by atoms with Crippen molar-refractivity contribution < 1.29 is 9.53 Å². The van der Waals surface area contributed by atoms with Gasteiger partial charge < -0.3 is 9.64 Å². The zero-order valence-electron chi connectivity index (χ0n) is 17.6. The Kier molecular flexibility index (Phi) is 4.07. The smallest absolute Gasteiger partial charge is 0.219 e. The average molecular weight is 412 g/mol. The molecule has 0 saturated carbocycles. The SMILES string of the molecule is CC(=O)N1CCC2(CC1)Oc1ccccc1C1CC(c3ccc4ccccc4c3)=NN12. The van der Waals surface area contributed by atoms with Crippen LogP contribution in [0.1, 0.15) is 43.4 Å². The van der Waals surface area contributed by atoms with Crippen molar-refractivity contribution in [2.45, 2.75) is 38.0 Å². The van der Waals surface area contributed by atoms with Crippen molar-refractivity contribution in [1.82, 2.24) is 9.91 Å². The van der Waals surface area contributed by atoms with E-state index in [2.05, 4.69) is 65.7 Å². The van der Waals surface area contributed by atoms with Crippen molar-refractivity contribution >= 4 is 22.4 Å². The van der Waals surface area contributed by atoms with Crippen LogP contribution in [0.2, 0.25) is 0 Å². The Labute approximate surface area is 181 Å². The van der Waals surface area contributed by atoms with Gasteiger partial charge >= 0.3 is 0 Å². The number of carbonyl (C=O) groups is 1. The fourth-order valence-electron chi connectivity index (χ4n) is 5.27. The molecule has 3 aliphatic heterocycles. The maximum Gasteiger partial charge on any atom is 0.219 e. The summed E-state index contributed by atoms with van der Waals surface area (Å²) in [5.41, 5.74) is 2.97. The summed E-state index contributed by atoms with van der Waals surface area (Å²) in [5, 5.41) is 9.83. The lowest BCUT2D eigenvalue weighted by Gasteiger charge is -2.51. The second kappa shape index (κ2) is 6.84. The first-order valence-corrected chi connectivity index (χ1v) is 11.0. The molecule has 3 heterocycles. The molecule has 0 bridgehead atoms. The van der Waals surface area contributed by atoms with Crippen molar-refractivity contribution in [1.29, 1.82) is 0 Å². The zero-order chi connectivity index (χ0) is 21.0. The normalized spacial score (nSPS) is 21.5. The second-order valence-corrected chi connectivity index (χ2v) is 8.77. The van der Waals surface area contributed by atoms with E-state index in [1.165, 1.54) is 21.9 Å². The van der Waals surface area contributed by atoms with Crippen molar-refractivity contribution in [3.8, 4) is 5.75 Å². The second-order valence-electron chi connectivity index (χ2n) is 8.77. The molecule has 1 unspecified atom stereocenters. The van der Waals surface area contributed by atoms with Crippen molar-refractivity contribution in [3.63, 3.8) is 0 Å². The van der Waals surface area contributed by atoms with Crippen LogP contribution in [0.3, 0.4) is 0 Å². The van der Waals surface area contributed by atoms with Crippen molar-refractivity contribution in [2.75, 3.05) is 13.1 Å². The van der Waals surface area contributed by atoms with Gasteiger partial charge in [-0.1, -0.05) is 54.6 Å². The topological polar surface area (TPSA) is 45.1 Å². The molecule has 1 atom stereocenters. The predicted octanol–water partition coefficient (Wildman–Crippen LogP) is 4.72. The van der Waals surface area contributed by atoms with Gasteiger partial charge in [-0.25, -0.2) is 5.01 Å². The highest BCUT2D eigenvalue weighted by Gasteiger charge is 2.52. The minimum atomic E-state index is -0.496. The molecule has 6 rings (SSSR count). The summed E-state index contributed by atoms with van der Waals surface area (Å²) in [6.45, 7) is 3.03. The maximum absolute atomic E-state index is 11.9. The van der Waals surface area contributed by atoms with E-state index in [9.17, 15) is 4.79 Å². The molecule has 0 N–H and O–H groups in total. The minimum absolute atomic E-state index is 0.129. The Morgan fingerprint density at radius 3 is 2.55 bits per heavy atom.